The van der Waals surface area contributed by atoms with Crippen LogP contribution in [0.4, 0.5) is 27.6 Å². The number of hydrogen-bond acceptors (Lipinski definition) is 3. The number of anilines is 1. The van der Waals surface area contributed by atoms with Gasteiger partial charge < -0.3 is 10.0 Å². The van der Waals surface area contributed by atoms with Crippen molar-refractivity contribution < 1.29 is 31.9 Å². The summed E-state index contributed by atoms with van der Waals surface area (Å²) < 4.78 is 70.7. The molecule has 2 heterocycles. The molecular weight excluding hydrogens is 517 g/mol. The Hall–Kier alpha value is -3.95. The Balaban J connectivity index is 1.55. The maximum Gasteiger partial charge on any atom is 0.418 e. The van der Waals surface area contributed by atoms with Gasteiger partial charge in [-0.1, -0.05) is 37.3 Å². The van der Waals surface area contributed by atoms with Crippen molar-refractivity contribution in [3.63, 3.8) is 0 Å². The topological polar surface area (TPSA) is 58.4 Å². The lowest BCUT2D eigenvalue weighted by Gasteiger charge is -2.36. The highest BCUT2D eigenvalue weighted by Crippen LogP contribution is 2.39. The summed E-state index contributed by atoms with van der Waals surface area (Å²) in [6.07, 6.45) is -2.96. The van der Waals surface area contributed by atoms with Gasteiger partial charge in [-0.2, -0.15) is 18.3 Å². The minimum Gasteiger partial charge on any atom is -0.481 e. The molecule has 4 aromatic rings. The smallest absolute Gasteiger partial charge is 0.418 e. The molecule has 0 saturated carbocycles. The molecule has 0 radical (unpaired) electrons. The Labute approximate surface area is 221 Å². The van der Waals surface area contributed by atoms with Crippen LogP contribution in [-0.4, -0.2) is 33.9 Å². The maximum atomic E-state index is 14.5. The van der Waals surface area contributed by atoms with Crippen LogP contribution in [0.1, 0.15) is 30.9 Å². The van der Waals surface area contributed by atoms with E-state index in [0.29, 0.717) is 17.8 Å². The van der Waals surface area contributed by atoms with Crippen molar-refractivity contribution in [2.24, 2.45) is 11.8 Å². The second kappa shape index (κ2) is 10.3. The number of aromatic nitrogens is 2. The molecule has 1 saturated heterocycles. The lowest BCUT2D eigenvalue weighted by Crippen LogP contribution is -2.39. The van der Waals surface area contributed by atoms with Crippen LogP contribution >= 0.6 is 0 Å². The van der Waals surface area contributed by atoms with Gasteiger partial charge in [-0.3, -0.25) is 9.48 Å². The number of alkyl halides is 3. The molecule has 2 atom stereocenters. The van der Waals surface area contributed by atoms with E-state index in [9.17, 15) is 31.9 Å². The highest BCUT2D eigenvalue weighted by atomic mass is 19.4. The van der Waals surface area contributed by atoms with Crippen LogP contribution in [0.25, 0.3) is 22.2 Å². The zero-order chi connectivity index (χ0) is 27.9. The van der Waals surface area contributed by atoms with Gasteiger partial charge in [-0.05, 0) is 43.0 Å². The van der Waals surface area contributed by atoms with E-state index in [1.165, 1.54) is 16.8 Å². The van der Waals surface area contributed by atoms with Gasteiger partial charge in [-0.15, -0.1) is 0 Å². The molecule has 39 heavy (non-hydrogen) atoms. The fourth-order valence-electron chi connectivity index (χ4n) is 5.30. The second-order valence-electron chi connectivity index (χ2n) is 9.96. The van der Waals surface area contributed by atoms with Gasteiger partial charge >= 0.3 is 12.1 Å². The van der Waals surface area contributed by atoms with Crippen molar-refractivity contribution >= 4 is 22.6 Å². The molecular formula is C29H26F5N3O2. The number of fused-ring (bicyclic) bond motifs is 1. The maximum absolute atomic E-state index is 14.5. The number of carboxylic acid groups (broad SMARTS) is 1. The Morgan fingerprint density at radius 2 is 1.85 bits per heavy atom. The van der Waals surface area contributed by atoms with Gasteiger partial charge in [0, 0.05) is 41.4 Å². The molecule has 0 amide bonds. The number of hydrogen-bond donors (Lipinski definition) is 1. The zero-order valence-electron chi connectivity index (χ0n) is 21.1. The predicted octanol–water partition coefficient (Wildman–Crippen LogP) is 6.99. The Kier molecular flexibility index (Phi) is 7.05. The van der Waals surface area contributed by atoms with E-state index in [2.05, 4.69) is 10.00 Å². The number of rotatable bonds is 6. The summed E-state index contributed by atoms with van der Waals surface area (Å²) in [5.41, 5.74) is 0.758. The average molecular weight is 544 g/mol. The number of carboxylic acids is 1. The van der Waals surface area contributed by atoms with Gasteiger partial charge in [0.2, 0.25) is 0 Å². The molecule has 1 unspecified atom stereocenters. The lowest BCUT2D eigenvalue weighted by atomic mass is 9.86. The second-order valence-corrected chi connectivity index (χ2v) is 9.96. The molecule has 204 valence electrons. The molecule has 0 bridgehead atoms. The first-order chi connectivity index (χ1) is 18.5. The number of halogens is 5. The number of aliphatic carboxylic acids is 1. The lowest BCUT2D eigenvalue weighted by molar-refractivity contribution is -0.143. The Morgan fingerprint density at radius 1 is 1.10 bits per heavy atom. The third-order valence-electron chi connectivity index (χ3n) is 7.47. The molecule has 0 spiro atoms. The van der Waals surface area contributed by atoms with E-state index >= 15 is 0 Å². The largest absolute Gasteiger partial charge is 0.481 e. The summed E-state index contributed by atoms with van der Waals surface area (Å²) in [5.74, 6) is -2.86. The summed E-state index contributed by atoms with van der Waals surface area (Å²) in [7, 11) is 0. The van der Waals surface area contributed by atoms with E-state index in [1.807, 2.05) is 12.1 Å². The normalized spacial score (nSPS) is 17.0. The molecule has 0 aliphatic carbocycles. The number of nitrogens with zero attached hydrogens (tertiary/aromatic N) is 3. The van der Waals surface area contributed by atoms with Crippen LogP contribution in [0.5, 0.6) is 0 Å². The monoisotopic (exact) mass is 543 g/mol. The van der Waals surface area contributed by atoms with Crippen LogP contribution in [0.3, 0.4) is 0 Å². The fraction of sp³-hybridized carbons (Fsp3) is 0.310. The minimum atomic E-state index is -4.64. The molecule has 1 fully saturated rings. The van der Waals surface area contributed by atoms with Crippen molar-refractivity contribution in [1.82, 2.24) is 9.78 Å². The molecule has 5 nitrogen and oxygen atoms in total. The molecule has 1 aromatic heterocycles. The van der Waals surface area contributed by atoms with Crippen LogP contribution in [0, 0.1) is 23.5 Å². The van der Waals surface area contributed by atoms with Gasteiger partial charge in [0.1, 0.15) is 17.2 Å². The first-order valence-electron chi connectivity index (χ1n) is 12.6. The van der Waals surface area contributed by atoms with Gasteiger partial charge in [-0.25, -0.2) is 8.78 Å². The van der Waals surface area contributed by atoms with Crippen molar-refractivity contribution in [3.05, 3.63) is 83.4 Å². The van der Waals surface area contributed by atoms with Crippen LogP contribution in [0.2, 0.25) is 0 Å². The van der Waals surface area contributed by atoms with Gasteiger partial charge in [0.15, 0.2) is 0 Å². The molecule has 5 rings (SSSR count). The van der Waals surface area contributed by atoms with Crippen molar-refractivity contribution in [2.75, 3.05) is 18.0 Å². The summed E-state index contributed by atoms with van der Waals surface area (Å²) >= 11 is 0. The van der Waals surface area contributed by atoms with E-state index in [1.54, 1.807) is 25.1 Å². The van der Waals surface area contributed by atoms with Crippen LogP contribution in [0.15, 0.2) is 60.7 Å². The highest BCUT2D eigenvalue weighted by molar-refractivity contribution is 5.95. The minimum absolute atomic E-state index is 0.00713. The van der Waals surface area contributed by atoms with E-state index in [0.717, 1.165) is 43.3 Å². The molecule has 1 N–H and O–H groups in total. The first-order valence-corrected chi connectivity index (χ1v) is 12.6. The van der Waals surface area contributed by atoms with Crippen molar-refractivity contribution in [1.29, 1.82) is 0 Å². The van der Waals surface area contributed by atoms with Gasteiger partial charge in [0.05, 0.1) is 23.7 Å². The van der Waals surface area contributed by atoms with E-state index < -0.39 is 35.3 Å². The van der Waals surface area contributed by atoms with Crippen LogP contribution < -0.4 is 4.90 Å². The first kappa shape index (κ1) is 26.6. The Bertz CT molecular complexity index is 1510. The van der Waals surface area contributed by atoms with E-state index in [-0.39, 0.29) is 28.9 Å². The third-order valence-corrected chi connectivity index (χ3v) is 7.47. The standard InChI is InChI=1S/C29H26F5N3O2/c1-17(28(38)39)19-4-3-13-36(15-19)22-11-8-18(9-12-22)27-23-5-2-6-24(29(32,33)34)26(23)35-37(27)16-20-7-10-21(30)14-25(20)31/h2,5-12,14,17,19H,3-4,13,15-16H2,1H3,(H,38,39)/t17?,19-/m0/s1. The van der Waals surface area contributed by atoms with Crippen LogP contribution in [-0.2, 0) is 17.5 Å². The molecule has 1 aliphatic heterocycles. The molecule has 3 aromatic carbocycles. The Morgan fingerprint density at radius 3 is 2.51 bits per heavy atom. The van der Waals surface area contributed by atoms with Crippen molar-refractivity contribution in [3.8, 4) is 11.3 Å². The molecule has 10 heteroatoms. The number of benzene rings is 3. The number of piperidine rings is 1. The number of carbonyl (C=O) groups is 1. The summed E-state index contributed by atoms with van der Waals surface area (Å²) in [6.45, 7) is 2.87. The third kappa shape index (κ3) is 5.32. The zero-order valence-corrected chi connectivity index (χ0v) is 21.1. The SMILES string of the molecule is CC(C(=O)O)[C@H]1CCCN(c2ccc(-c3c4cccc(C(F)(F)F)c4nn3Cc3ccc(F)cc3F)cc2)C1. The molecule has 1 aliphatic rings. The summed E-state index contributed by atoms with van der Waals surface area (Å²) in [6, 6.07) is 14.1. The fourth-order valence-corrected chi connectivity index (χ4v) is 5.30. The average Bonchev–Trinajstić information content (AvgIpc) is 3.27. The van der Waals surface area contributed by atoms with Crippen molar-refractivity contribution in [2.45, 2.75) is 32.5 Å². The van der Waals surface area contributed by atoms with Gasteiger partial charge in [0.25, 0.3) is 0 Å². The quantitative estimate of drug-likeness (QED) is 0.267. The summed E-state index contributed by atoms with van der Waals surface area (Å²) in [5, 5.41) is 13.9. The predicted molar refractivity (Wildman–Crippen MR) is 137 cm³/mol. The van der Waals surface area contributed by atoms with E-state index in [4.69, 9.17) is 0 Å². The highest BCUT2D eigenvalue weighted by Gasteiger charge is 2.35. The summed E-state index contributed by atoms with van der Waals surface area (Å²) in [4.78, 5) is 13.6.